The van der Waals surface area contributed by atoms with E-state index >= 15 is 0 Å². The summed E-state index contributed by atoms with van der Waals surface area (Å²) in [6, 6.07) is 5.89. The minimum atomic E-state index is -0.0902. The van der Waals surface area contributed by atoms with Crippen LogP contribution in [0.3, 0.4) is 0 Å². The summed E-state index contributed by atoms with van der Waals surface area (Å²) >= 11 is 6.44. The minimum absolute atomic E-state index is 0.0230. The van der Waals surface area contributed by atoms with Crippen LogP contribution in [0.5, 0.6) is 0 Å². The highest BCUT2D eigenvalue weighted by Gasteiger charge is 2.25. The molecule has 3 rings (SSSR count). The molecule has 0 spiro atoms. The lowest BCUT2D eigenvalue weighted by atomic mass is 9.94. The number of hydrogen-bond donors (Lipinski definition) is 4. The highest BCUT2D eigenvalue weighted by Crippen LogP contribution is 2.39. The predicted molar refractivity (Wildman–Crippen MR) is 113 cm³/mol. The fourth-order valence-electron chi connectivity index (χ4n) is 4.12. The minimum Gasteiger partial charge on any atom is -0.512 e. The Kier molecular flexibility index (Phi) is 6.08. The average molecular weight is 386 g/mol. The van der Waals surface area contributed by atoms with Crippen molar-refractivity contribution < 1.29 is 5.11 Å². The van der Waals surface area contributed by atoms with Gasteiger partial charge in [0.25, 0.3) is 0 Å². The Labute approximate surface area is 166 Å². The molecule has 0 amide bonds. The highest BCUT2D eigenvalue weighted by atomic mass is 35.5. The maximum atomic E-state index is 10.7. The van der Waals surface area contributed by atoms with Gasteiger partial charge in [0.2, 0.25) is 0 Å². The summed E-state index contributed by atoms with van der Waals surface area (Å²) in [7, 11) is 0. The second kappa shape index (κ2) is 8.32. The van der Waals surface area contributed by atoms with Crippen molar-refractivity contribution in [3.63, 3.8) is 0 Å². The van der Waals surface area contributed by atoms with Crippen LogP contribution in [0.25, 0.3) is 0 Å². The van der Waals surface area contributed by atoms with Crippen LogP contribution in [0.1, 0.15) is 43.2 Å². The molecule has 0 radical (unpaired) electrons. The molecule has 27 heavy (non-hydrogen) atoms. The van der Waals surface area contributed by atoms with E-state index in [-0.39, 0.29) is 17.5 Å². The van der Waals surface area contributed by atoms with Gasteiger partial charge in [-0.15, -0.1) is 0 Å². The van der Waals surface area contributed by atoms with Crippen molar-refractivity contribution in [3.8, 4) is 0 Å². The highest BCUT2D eigenvalue weighted by molar-refractivity contribution is 6.31. The van der Waals surface area contributed by atoms with Gasteiger partial charge in [0.1, 0.15) is 11.6 Å². The molecule has 1 heterocycles. The van der Waals surface area contributed by atoms with Crippen LogP contribution >= 0.6 is 11.6 Å². The number of amidine groups is 1. The van der Waals surface area contributed by atoms with Gasteiger partial charge in [0.15, 0.2) is 0 Å². The summed E-state index contributed by atoms with van der Waals surface area (Å²) in [6.45, 7) is 6.08. The van der Waals surface area contributed by atoms with E-state index in [1.54, 1.807) is 0 Å². The van der Waals surface area contributed by atoms with Crippen molar-refractivity contribution in [1.29, 1.82) is 5.41 Å². The van der Waals surface area contributed by atoms with Gasteiger partial charge in [0.05, 0.1) is 5.57 Å². The average Bonchev–Trinajstić information content (AvgIpc) is 3.23. The van der Waals surface area contributed by atoms with E-state index in [0.717, 1.165) is 53.2 Å². The first-order valence-electron chi connectivity index (χ1n) is 9.51. The van der Waals surface area contributed by atoms with Gasteiger partial charge < -0.3 is 16.2 Å². The van der Waals surface area contributed by atoms with Crippen molar-refractivity contribution in [2.45, 2.75) is 39.0 Å². The lowest BCUT2D eigenvalue weighted by molar-refractivity contribution is 0.364. The van der Waals surface area contributed by atoms with Crippen molar-refractivity contribution in [3.05, 3.63) is 69.0 Å². The molecule has 1 aliphatic heterocycles. The number of nitrogens with two attached hydrogens (primary N) is 1. The summed E-state index contributed by atoms with van der Waals surface area (Å²) in [5.41, 5.74) is 10.4. The lowest BCUT2D eigenvalue weighted by Crippen LogP contribution is -2.18. The van der Waals surface area contributed by atoms with Crippen molar-refractivity contribution in [1.82, 2.24) is 5.32 Å². The van der Waals surface area contributed by atoms with Crippen molar-refractivity contribution in [2.75, 3.05) is 13.1 Å². The Bertz CT molecular complexity index is 812. The van der Waals surface area contributed by atoms with E-state index in [2.05, 4.69) is 17.5 Å². The maximum absolute atomic E-state index is 10.7. The van der Waals surface area contributed by atoms with Crippen molar-refractivity contribution >= 4 is 17.4 Å². The fourth-order valence-corrected chi connectivity index (χ4v) is 4.46. The van der Waals surface area contributed by atoms with Gasteiger partial charge in [-0.3, -0.25) is 5.41 Å². The Morgan fingerprint density at radius 3 is 2.74 bits per heavy atom. The van der Waals surface area contributed by atoms with Crippen LogP contribution in [0, 0.1) is 18.3 Å². The van der Waals surface area contributed by atoms with E-state index in [1.165, 1.54) is 0 Å². The molecule has 144 valence electrons. The first-order chi connectivity index (χ1) is 12.9. The quantitative estimate of drug-likeness (QED) is 0.324. The summed E-state index contributed by atoms with van der Waals surface area (Å²) in [5, 5.41) is 22.8. The number of aliphatic hydroxyl groups is 1. The van der Waals surface area contributed by atoms with Gasteiger partial charge in [-0.1, -0.05) is 35.9 Å². The molecule has 0 saturated carbocycles. The van der Waals surface area contributed by atoms with E-state index < -0.39 is 0 Å². The fraction of sp³-hybridized carbons (Fsp3) is 0.409. The Hall–Kier alpha value is -2.04. The monoisotopic (exact) mass is 385 g/mol. The molecule has 1 saturated heterocycles. The van der Waals surface area contributed by atoms with E-state index in [9.17, 15) is 5.11 Å². The number of aryl methyl sites for hydroxylation is 1. The molecule has 4 nitrogen and oxygen atoms in total. The molecule has 1 unspecified atom stereocenters. The number of aliphatic hydroxyl groups excluding tert-OH is 1. The number of halogens is 1. The summed E-state index contributed by atoms with van der Waals surface area (Å²) in [4.78, 5) is 0. The summed E-state index contributed by atoms with van der Waals surface area (Å²) < 4.78 is 0. The molecule has 0 bridgehead atoms. The smallest absolute Gasteiger partial charge is 0.126 e. The maximum Gasteiger partial charge on any atom is 0.126 e. The number of rotatable bonds is 6. The van der Waals surface area contributed by atoms with Crippen LogP contribution in [-0.2, 0) is 0 Å². The van der Waals surface area contributed by atoms with Gasteiger partial charge in [-0.2, -0.15) is 0 Å². The molecule has 1 aromatic rings. The predicted octanol–water partition coefficient (Wildman–Crippen LogP) is 4.76. The molecule has 2 aliphatic rings. The molecule has 1 aromatic carbocycles. The number of hydrogen-bond acceptors (Lipinski definition) is 3. The largest absolute Gasteiger partial charge is 0.512 e. The molecular formula is C22H28ClN3O. The third kappa shape index (κ3) is 4.28. The molecular weight excluding hydrogens is 358 g/mol. The Balaban J connectivity index is 1.90. The molecule has 0 aromatic heterocycles. The van der Waals surface area contributed by atoms with Crippen molar-refractivity contribution in [2.24, 2.45) is 11.7 Å². The number of nitrogens with one attached hydrogen (secondary N) is 2. The molecule has 1 fully saturated rings. The van der Waals surface area contributed by atoms with Crippen LogP contribution in [0.15, 0.2) is 52.8 Å². The zero-order valence-corrected chi connectivity index (χ0v) is 16.7. The van der Waals surface area contributed by atoms with Crippen LogP contribution in [-0.4, -0.2) is 24.0 Å². The zero-order chi connectivity index (χ0) is 19.6. The Morgan fingerprint density at radius 2 is 2.11 bits per heavy atom. The standard InChI is InChI=1S/C22H28ClN3O/c1-13-4-3-5-18(23)20(13)16-10-14(2)17(11-16)21(22(24)25)19(27)7-6-15-8-9-26-12-15/h3-5,10-11,15-16,26-27H,6-9,12H2,1-2H3,(H3,24,25)/t15-,16?/m1/s1. The van der Waals surface area contributed by atoms with Gasteiger partial charge in [-0.25, -0.2) is 0 Å². The van der Waals surface area contributed by atoms with Crippen LogP contribution < -0.4 is 11.1 Å². The van der Waals surface area contributed by atoms with E-state index in [4.69, 9.17) is 22.7 Å². The topological polar surface area (TPSA) is 82.1 Å². The molecule has 2 atom stereocenters. The SMILES string of the molecule is CC1=CC(c2c(C)cccc2Cl)C=C1C(C(=N)N)=C(O)CC[C@@H]1CCNC1. The molecule has 5 N–H and O–H groups in total. The van der Waals surface area contributed by atoms with Gasteiger partial charge in [-0.05, 0) is 74.0 Å². The van der Waals surface area contributed by atoms with Crippen LogP contribution in [0.2, 0.25) is 5.02 Å². The third-order valence-electron chi connectivity index (χ3n) is 5.58. The zero-order valence-electron chi connectivity index (χ0n) is 16.0. The third-order valence-corrected chi connectivity index (χ3v) is 5.91. The number of benzene rings is 1. The second-order valence-electron chi connectivity index (χ2n) is 7.56. The van der Waals surface area contributed by atoms with Gasteiger partial charge >= 0.3 is 0 Å². The van der Waals surface area contributed by atoms with Crippen LogP contribution in [0.4, 0.5) is 0 Å². The van der Waals surface area contributed by atoms with E-state index in [0.29, 0.717) is 17.9 Å². The first kappa shape index (κ1) is 19.7. The second-order valence-corrected chi connectivity index (χ2v) is 7.97. The van der Waals surface area contributed by atoms with Gasteiger partial charge in [0, 0.05) is 17.4 Å². The van der Waals surface area contributed by atoms with E-state index in [1.807, 2.05) is 32.0 Å². The first-order valence-corrected chi connectivity index (χ1v) is 9.89. The molecule has 1 aliphatic carbocycles. The number of allylic oxidation sites excluding steroid dienone is 4. The summed E-state index contributed by atoms with van der Waals surface area (Å²) in [6.07, 6.45) is 6.77. The summed E-state index contributed by atoms with van der Waals surface area (Å²) in [5.74, 6) is 0.723. The molecule has 5 heteroatoms. The lowest BCUT2D eigenvalue weighted by Gasteiger charge is -2.14. The Morgan fingerprint density at radius 1 is 1.33 bits per heavy atom. The normalized spacial score (nSPS) is 23.1.